The molecule has 30 heavy (non-hydrogen) atoms. The van der Waals surface area contributed by atoms with Gasteiger partial charge in [0.2, 0.25) is 5.91 Å². The van der Waals surface area contributed by atoms with Crippen LogP contribution in [0.3, 0.4) is 0 Å². The van der Waals surface area contributed by atoms with Crippen LogP contribution in [-0.4, -0.2) is 17.7 Å². The van der Waals surface area contributed by atoms with E-state index in [0.717, 1.165) is 10.0 Å². The summed E-state index contributed by atoms with van der Waals surface area (Å²) in [4.78, 5) is 36.7. The Morgan fingerprint density at radius 1 is 0.700 bits per heavy atom. The van der Waals surface area contributed by atoms with Crippen LogP contribution in [0.1, 0.15) is 33.2 Å². The summed E-state index contributed by atoms with van der Waals surface area (Å²) in [6.45, 7) is 3.25. The summed E-state index contributed by atoms with van der Waals surface area (Å²) in [6, 6.07) is 19.1. The maximum atomic E-state index is 12.8. The number of aryl methyl sites for hydroxylation is 1. The second kappa shape index (κ2) is 9.37. The Morgan fingerprint density at radius 3 is 2.07 bits per heavy atom. The van der Waals surface area contributed by atoms with E-state index in [0.29, 0.717) is 28.2 Å². The van der Waals surface area contributed by atoms with Crippen molar-refractivity contribution in [2.24, 2.45) is 0 Å². The van der Waals surface area contributed by atoms with E-state index in [1.54, 1.807) is 60.7 Å². The van der Waals surface area contributed by atoms with Crippen LogP contribution in [0.2, 0.25) is 0 Å². The molecule has 0 aliphatic carbocycles. The van der Waals surface area contributed by atoms with Crippen molar-refractivity contribution in [2.75, 3.05) is 16.0 Å². The molecule has 0 aliphatic rings. The molecule has 0 bridgehead atoms. The van der Waals surface area contributed by atoms with Gasteiger partial charge < -0.3 is 16.0 Å². The largest absolute Gasteiger partial charge is 0.325 e. The Morgan fingerprint density at radius 2 is 1.37 bits per heavy atom. The molecular weight excluding hydrogens is 446 g/mol. The molecule has 6 nitrogen and oxygen atoms in total. The molecule has 3 aromatic rings. The molecule has 0 heterocycles. The van der Waals surface area contributed by atoms with Crippen molar-refractivity contribution in [1.82, 2.24) is 0 Å². The highest BCUT2D eigenvalue weighted by Crippen LogP contribution is 2.27. The number of hydrogen-bond donors (Lipinski definition) is 3. The van der Waals surface area contributed by atoms with Crippen LogP contribution in [0.4, 0.5) is 17.1 Å². The Balaban J connectivity index is 1.82. The molecule has 3 aromatic carbocycles. The predicted octanol–water partition coefficient (Wildman–Crippen LogP) is 5.22. The maximum absolute atomic E-state index is 12.8. The van der Waals surface area contributed by atoms with Crippen LogP contribution < -0.4 is 16.0 Å². The molecule has 7 heteroatoms. The molecule has 3 amide bonds. The van der Waals surface area contributed by atoms with Crippen LogP contribution in [0.5, 0.6) is 0 Å². The smallest absolute Gasteiger partial charge is 0.255 e. The standard InChI is InChI=1S/C23H20BrN3O3/c1-14-8-9-17(12-20(14)26-22(29)16-6-4-3-5-7-16)23(30)27-21-13-18(24)10-11-19(21)25-15(2)28/h3-13H,1-2H3,(H,25,28)(H,26,29)(H,27,30). The van der Waals surface area contributed by atoms with Crippen molar-refractivity contribution in [2.45, 2.75) is 13.8 Å². The lowest BCUT2D eigenvalue weighted by atomic mass is 10.1. The van der Waals surface area contributed by atoms with E-state index < -0.39 is 0 Å². The molecule has 0 saturated heterocycles. The first-order valence-corrected chi connectivity index (χ1v) is 9.98. The molecule has 0 aliphatic heterocycles. The number of nitrogens with one attached hydrogen (secondary N) is 3. The van der Waals surface area contributed by atoms with Crippen LogP contribution in [0.15, 0.2) is 71.2 Å². The van der Waals surface area contributed by atoms with Gasteiger partial charge in [0.25, 0.3) is 11.8 Å². The normalized spacial score (nSPS) is 10.2. The topological polar surface area (TPSA) is 87.3 Å². The molecule has 0 atom stereocenters. The molecule has 0 radical (unpaired) electrons. The number of amides is 3. The van der Waals surface area contributed by atoms with Gasteiger partial charge in [-0.25, -0.2) is 0 Å². The fraction of sp³-hybridized carbons (Fsp3) is 0.0870. The van der Waals surface area contributed by atoms with Gasteiger partial charge in [-0.2, -0.15) is 0 Å². The lowest BCUT2D eigenvalue weighted by Crippen LogP contribution is -2.17. The van der Waals surface area contributed by atoms with E-state index in [1.807, 2.05) is 13.0 Å². The van der Waals surface area contributed by atoms with Gasteiger partial charge >= 0.3 is 0 Å². The second-order valence-electron chi connectivity index (χ2n) is 6.68. The minimum atomic E-state index is -0.366. The highest BCUT2D eigenvalue weighted by molar-refractivity contribution is 9.10. The predicted molar refractivity (Wildman–Crippen MR) is 122 cm³/mol. The van der Waals surface area contributed by atoms with Crippen molar-refractivity contribution in [1.29, 1.82) is 0 Å². The molecule has 0 spiro atoms. The van der Waals surface area contributed by atoms with Crippen LogP contribution in [0, 0.1) is 6.92 Å². The van der Waals surface area contributed by atoms with Gasteiger partial charge in [-0.15, -0.1) is 0 Å². The molecule has 0 unspecified atom stereocenters. The van der Waals surface area contributed by atoms with Crippen molar-refractivity contribution in [3.05, 3.63) is 87.9 Å². The first kappa shape index (κ1) is 21.3. The van der Waals surface area contributed by atoms with Crippen molar-refractivity contribution in [3.8, 4) is 0 Å². The molecule has 3 rings (SSSR count). The van der Waals surface area contributed by atoms with E-state index in [2.05, 4.69) is 31.9 Å². The van der Waals surface area contributed by atoms with E-state index in [9.17, 15) is 14.4 Å². The highest BCUT2D eigenvalue weighted by atomic mass is 79.9. The number of anilines is 3. The van der Waals surface area contributed by atoms with Gasteiger partial charge in [-0.1, -0.05) is 40.2 Å². The number of carbonyl (C=O) groups is 3. The van der Waals surface area contributed by atoms with Gasteiger partial charge in [0.1, 0.15) is 0 Å². The van der Waals surface area contributed by atoms with Crippen molar-refractivity contribution in [3.63, 3.8) is 0 Å². The fourth-order valence-corrected chi connectivity index (χ4v) is 3.16. The molecule has 0 fully saturated rings. The summed E-state index contributed by atoms with van der Waals surface area (Å²) < 4.78 is 0.756. The monoisotopic (exact) mass is 465 g/mol. The van der Waals surface area contributed by atoms with Crippen LogP contribution in [0.25, 0.3) is 0 Å². The van der Waals surface area contributed by atoms with Gasteiger partial charge in [-0.3, -0.25) is 14.4 Å². The third kappa shape index (κ3) is 5.33. The zero-order valence-electron chi connectivity index (χ0n) is 16.5. The molecule has 0 saturated carbocycles. The summed E-state index contributed by atoms with van der Waals surface area (Å²) in [5.41, 5.74) is 3.23. The maximum Gasteiger partial charge on any atom is 0.255 e. The average molecular weight is 466 g/mol. The van der Waals surface area contributed by atoms with E-state index in [-0.39, 0.29) is 17.7 Å². The third-order valence-corrected chi connectivity index (χ3v) is 4.82. The molecule has 152 valence electrons. The van der Waals surface area contributed by atoms with Crippen LogP contribution in [-0.2, 0) is 4.79 Å². The Labute approximate surface area is 182 Å². The van der Waals surface area contributed by atoms with E-state index in [1.165, 1.54) is 6.92 Å². The van der Waals surface area contributed by atoms with Gasteiger partial charge in [-0.05, 0) is 55.0 Å². The first-order chi connectivity index (χ1) is 14.3. The number of rotatable bonds is 5. The number of carbonyl (C=O) groups excluding carboxylic acids is 3. The second-order valence-corrected chi connectivity index (χ2v) is 7.59. The number of hydrogen-bond acceptors (Lipinski definition) is 3. The minimum Gasteiger partial charge on any atom is -0.325 e. The molecule has 3 N–H and O–H groups in total. The lowest BCUT2D eigenvalue weighted by Gasteiger charge is -2.14. The number of benzene rings is 3. The summed E-state index contributed by atoms with van der Waals surface area (Å²) in [5.74, 6) is -0.861. The third-order valence-electron chi connectivity index (χ3n) is 4.32. The van der Waals surface area contributed by atoms with E-state index in [4.69, 9.17) is 0 Å². The van der Waals surface area contributed by atoms with Crippen molar-refractivity contribution < 1.29 is 14.4 Å². The minimum absolute atomic E-state index is 0.242. The van der Waals surface area contributed by atoms with Gasteiger partial charge in [0, 0.05) is 28.2 Å². The summed E-state index contributed by atoms with van der Waals surface area (Å²) in [7, 11) is 0. The highest BCUT2D eigenvalue weighted by Gasteiger charge is 2.14. The summed E-state index contributed by atoms with van der Waals surface area (Å²) in [5, 5.41) is 8.35. The lowest BCUT2D eigenvalue weighted by molar-refractivity contribution is -0.114. The Kier molecular flexibility index (Phi) is 6.64. The zero-order chi connectivity index (χ0) is 21.7. The quantitative estimate of drug-likeness (QED) is 0.482. The number of halogens is 1. The Hall–Kier alpha value is -3.45. The van der Waals surface area contributed by atoms with Crippen molar-refractivity contribution >= 4 is 50.7 Å². The SMILES string of the molecule is CC(=O)Nc1ccc(Br)cc1NC(=O)c1ccc(C)c(NC(=O)c2ccccc2)c1. The summed E-state index contributed by atoms with van der Waals surface area (Å²) >= 11 is 3.37. The molecule has 0 aromatic heterocycles. The van der Waals surface area contributed by atoms with Crippen LogP contribution >= 0.6 is 15.9 Å². The van der Waals surface area contributed by atoms with Gasteiger partial charge in [0.05, 0.1) is 11.4 Å². The Bertz CT molecular complexity index is 1110. The van der Waals surface area contributed by atoms with Gasteiger partial charge in [0.15, 0.2) is 0 Å². The zero-order valence-corrected chi connectivity index (χ0v) is 18.0. The first-order valence-electron chi connectivity index (χ1n) is 9.19. The average Bonchev–Trinajstić information content (AvgIpc) is 2.72. The summed E-state index contributed by atoms with van der Waals surface area (Å²) in [6.07, 6.45) is 0. The van der Waals surface area contributed by atoms with E-state index >= 15 is 0 Å². The fourth-order valence-electron chi connectivity index (χ4n) is 2.79. The molecular formula is C23H20BrN3O3.